The van der Waals surface area contributed by atoms with Crippen LogP contribution in [0.25, 0.3) is 0 Å². The SMILES string of the molecule is CCCOC(C(C)=O)c1cc(OC)c(OC)cc1Br. The van der Waals surface area contributed by atoms with E-state index in [2.05, 4.69) is 15.9 Å². The van der Waals surface area contributed by atoms with E-state index in [1.54, 1.807) is 26.4 Å². The van der Waals surface area contributed by atoms with Crippen molar-refractivity contribution in [1.82, 2.24) is 0 Å². The first-order valence-electron chi connectivity index (χ1n) is 6.08. The van der Waals surface area contributed by atoms with Crippen molar-refractivity contribution < 1.29 is 19.0 Å². The summed E-state index contributed by atoms with van der Waals surface area (Å²) in [5.74, 6) is 1.14. The zero-order valence-corrected chi connectivity index (χ0v) is 13.2. The predicted octanol–water partition coefficient (Wildman–Crippen LogP) is 3.52. The fraction of sp³-hybridized carbons (Fsp3) is 0.500. The maximum atomic E-state index is 11.7. The molecule has 1 rings (SSSR count). The van der Waals surface area contributed by atoms with Crippen LogP contribution in [0.4, 0.5) is 0 Å². The molecule has 0 aliphatic rings. The van der Waals surface area contributed by atoms with Crippen molar-refractivity contribution >= 4 is 21.7 Å². The molecule has 1 atom stereocenters. The van der Waals surface area contributed by atoms with E-state index in [9.17, 15) is 4.79 Å². The van der Waals surface area contributed by atoms with E-state index in [-0.39, 0.29) is 5.78 Å². The standard InChI is InChI=1S/C14H19BrO4/c1-5-6-19-14(9(2)16)10-7-12(17-3)13(18-4)8-11(10)15/h7-8,14H,5-6H2,1-4H3. The van der Waals surface area contributed by atoms with Crippen LogP contribution >= 0.6 is 15.9 Å². The highest BCUT2D eigenvalue weighted by atomic mass is 79.9. The van der Waals surface area contributed by atoms with Crippen molar-refractivity contribution in [2.24, 2.45) is 0 Å². The van der Waals surface area contributed by atoms with Crippen molar-refractivity contribution in [3.8, 4) is 11.5 Å². The van der Waals surface area contributed by atoms with E-state index in [0.717, 1.165) is 16.5 Å². The fourth-order valence-corrected chi connectivity index (χ4v) is 2.26. The summed E-state index contributed by atoms with van der Waals surface area (Å²) < 4.78 is 16.8. The third-order valence-corrected chi connectivity index (χ3v) is 3.33. The minimum atomic E-state index is -0.589. The molecule has 19 heavy (non-hydrogen) atoms. The molecule has 1 unspecified atom stereocenters. The predicted molar refractivity (Wildman–Crippen MR) is 76.9 cm³/mol. The van der Waals surface area contributed by atoms with Crippen LogP contribution in [0.5, 0.6) is 11.5 Å². The number of carbonyl (C=O) groups is 1. The molecule has 0 aliphatic heterocycles. The van der Waals surface area contributed by atoms with Gasteiger partial charge in [0.25, 0.3) is 0 Å². The van der Waals surface area contributed by atoms with E-state index in [1.165, 1.54) is 6.92 Å². The summed E-state index contributed by atoms with van der Waals surface area (Å²) in [6.45, 7) is 4.05. The molecule has 1 aromatic rings. The maximum absolute atomic E-state index is 11.7. The van der Waals surface area contributed by atoms with Gasteiger partial charge < -0.3 is 14.2 Å². The van der Waals surface area contributed by atoms with Gasteiger partial charge in [-0.15, -0.1) is 0 Å². The zero-order valence-electron chi connectivity index (χ0n) is 11.7. The molecule has 0 fully saturated rings. The molecule has 5 heteroatoms. The lowest BCUT2D eigenvalue weighted by atomic mass is 10.1. The topological polar surface area (TPSA) is 44.8 Å². The van der Waals surface area contributed by atoms with Crippen LogP contribution in [0.3, 0.4) is 0 Å². The van der Waals surface area contributed by atoms with Crippen molar-refractivity contribution in [3.63, 3.8) is 0 Å². The first kappa shape index (κ1) is 16.0. The van der Waals surface area contributed by atoms with Gasteiger partial charge in [0.05, 0.1) is 14.2 Å². The highest BCUT2D eigenvalue weighted by Gasteiger charge is 2.22. The molecule has 0 N–H and O–H groups in total. The van der Waals surface area contributed by atoms with Crippen LogP contribution in [0.2, 0.25) is 0 Å². The Kier molecular flexibility index (Phi) is 6.31. The van der Waals surface area contributed by atoms with E-state index in [4.69, 9.17) is 14.2 Å². The normalized spacial score (nSPS) is 12.1. The molecular weight excluding hydrogens is 312 g/mol. The largest absolute Gasteiger partial charge is 0.493 e. The lowest BCUT2D eigenvalue weighted by Crippen LogP contribution is -2.14. The Labute approximate surface area is 122 Å². The summed E-state index contributed by atoms with van der Waals surface area (Å²) in [6.07, 6.45) is 0.267. The van der Waals surface area contributed by atoms with Gasteiger partial charge in [0.1, 0.15) is 6.10 Å². The Hall–Kier alpha value is -1.07. The summed E-state index contributed by atoms with van der Waals surface area (Å²) >= 11 is 3.44. The molecule has 0 saturated heterocycles. The average Bonchev–Trinajstić information content (AvgIpc) is 2.39. The van der Waals surface area contributed by atoms with Gasteiger partial charge in [-0.25, -0.2) is 0 Å². The number of rotatable bonds is 7. The van der Waals surface area contributed by atoms with Crippen LogP contribution in [0.1, 0.15) is 31.9 Å². The molecule has 0 saturated carbocycles. The van der Waals surface area contributed by atoms with Gasteiger partial charge in [0, 0.05) is 16.6 Å². The first-order chi connectivity index (χ1) is 9.04. The average molecular weight is 331 g/mol. The molecular formula is C14H19BrO4. The molecule has 4 nitrogen and oxygen atoms in total. The number of ether oxygens (including phenoxy) is 3. The van der Waals surface area contributed by atoms with Gasteiger partial charge in [-0.2, -0.15) is 0 Å². The minimum Gasteiger partial charge on any atom is -0.493 e. The second-order valence-electron chi connectivity index (χ2n) is 4.09. The molecule has 0 heterocycles. The first-order valence-corrected chi connectivity index (χ1v) is 6.87. The van der Waals surface area contributed by atoms with Crippen molar-refractivity contribution in [2.45, 2.75) is 26.4 Å². The highest BCUT2D eigenvalue weighted by molar-refractivity contribution is 9.10. The Balaban J connectivity index is 3.18. The maximum Gasteiger partial charge on any atom is 0.163 e. The van der Waals surface area contributed by atoms with Gasteiger partial charge in [0.2, 0.25) is 0 Å². The molecule has 0 bridgehead atoms. The van der Waals surface area contributed by atoms with Crippen LogP contribution in [-0.4, -0.2) is 26.6 Å². The van der Waals surface area contributed by atoms with Gasteiger partial charge in [0.15, 0.2) is 17.3 Å². The van der Waals surface area contributed by atoms with Crippen LogP contribution in [0.15, 0.2) is 16.6 Å². The summed E-state index contributed by atoms with van der Waals surface area (Å²) in [5, 5.41) is 0. The number of halogens is 1. The monoisotopic (exact) mass is 330 g/mol. The molecule has 106 valence electrons. The van der Waals surface area contributed by atoms with E-state index in [1.807, 2.05) is 6.92 Å². The molecule has 0 radical (unpaired) electrons. The number of hydrogen-bond acceptors (Lipinski definition) is 4. The Bertz CT molecular complexity index is 445. The second-order valence-corrected chi connectivity index (χ2v) is 4.94. The molecule has 0 aliphatic carbocycles. The Morgan fingerprint density at radius 3 is 2.32 bits per heavy atom. The van der Waals surface area contributed by atoms with Crippen molar-refractivity contribution in [3.05, 3.63) is 22.2 Å². The highest BCUT2D eigenvalue weighted by Crippen LogP contribution is 2.37. The van der Waals surface area contributed by atoms with Gasteiger partial charge >= 0.3 is 0 Å². The number of Topliss-reactive ketones (excluding diaryl/α,β-unsaturated/α-hetero) is 1. The van der Waals surface area contributed by atoms with Crippen LogP contribution in [-0.2, 0) is 9.53 Å². The van der Waals surface area contributed by atoms with E-state index < -0.39 is 6.10 Å². The lowest BCUT2D eigenvalue weighted by molar-refractivity contribution is -0.128. The summed E-state index contributed by atoms with van der Waals surface area (Å²) in [5.41, 5.74) is 0.749. The Morgan fingerprint density at radius 2 is 1.84 bits per heavy atom. The smallest absolute Gasteiger partial charge is 0.163 e. The third-order valence-electron chi connectivity index (χ3n) is 2.64. The number of hydrogen-bond donors (Lipinski definition) is 0. The molecule has 0 aromatic heterocycles. The lowest BCUT2D eigenvalue weighted by Gasteiger charge is -2.18. The second kappa shape index (κ2) is 7.50. The number of carbonyl (C=O) groups excluding carboxylic acids is 1. The van der Waals surface area contributed by atoms with Crippen LogP contribution < -0.4 is 9.47 Å². The quantitative estimate of drug-likeness (QED) is 0.767. The minimum absolute atomic E-state index is 0.0404. The van der Waals surface area contributed by atoms with Crippen LogP contribution in [0, 0.1) is 0 Å². The number of ketones is 1. The summed E-state index contributed by atoms with van der Waals surface area (Å²) in [4.78, 5) is 11.7. The number of benzene rings is 1. The van der Waals surface area contributed by atoms with Crippen molar-refractivity contribution in [1.29, 1.82) is 0 Å². The Morgan fingerprint density at radius 1 is 1.26 bits per heavy atom. The van der Waals surface area contributed by atoms with Gasteiger partial charge in [-0.1, -0.05) is 22.9 Å². The molecule has 0 spiro atoms. The summed E-state index contributed by atoms with van der Waals surface area (Å²) in [7, 11) is 3.13. The zero-order chi connectivity index (χ0) is 14.4. The number of methoxy groups -OCH3 is 2. The summed E-state index contributed by atoms with van der Waals surface area (Å²) in [6, 6.07) is 3.55. The third kappa shape index (κ3) is 3.94. The molecule has 1 aromatic carbocycles. The van der Waals surface area contributed by atoms with E-state index >= 15 is 0 Å². The van der Waals surface area contributed by atoms with Gasteiger partial charge in [-0.3, -0.25) is 4.79 Å². The van der Waals surface area contributed by atoms with Gasteiger partial charge in [-0.05, 0) is 25.5 Å². The van der Waals surface area contributed by atoms with Crippen molar-refractivity contribution in [2.75, 3.05) is 20.8 Å². The fourth-order valence-electron chi connectivity index (χ4n) is 1.73. The van der Waals surface area contributed by atoms with E-state index in [0.29, 0.717) is 18.1 Å². The molecule has 0 amide bonds.